The van der Waals surface area contributed by atoms with Crippen LogP contribution in [0.5, 0.6) is 11.5 Å². The minimum atomic E-state index is -0.372. The van der Waals surface area contributed by atoms with Crippen LogP contribution < -0.4 is 20.3 Å². The van der Waals surface area contributed by atoms with Crippen LogP contribution in [0.15, 0.2) is 83.7 Å². The topological polar surface area (TPSA) is 69.6 Å². The zero-order chi connectivity index (χ0) is 23.2. The number of aromatic nitrogens is 1. The molecule has 1 N–H and O–H groups in total. The smallest absolute Gasteiger partial charge is 0.264 e. The monoisotopic (exact) mass is 442 g/mol. The Morgan fingerprint density at radius 2 is 1.45 bits per heavy atom. The van der Waals surface area contributed by atoms with Gasteiger partial charge < -0.3 is 19.4 Å². The molecule has 0 radical (unpaired) electrons. The van der Waals surface area contributed by atoms with Gasteiger partial charge in [0, 0.05) is 6.54 Å². The van der Waals surface area contributed by atoms with Gasteiger partial charge >= 0.3 is 0 Å². The van der Waals surface area contributed by atoms with Crippen LogP contribution in [0.3, 0.4) is 0 Å². The number of methoxy groups -OCH3 is 2. The van der Waals surface area contributed by atoms with Crippen molar-refractivity contribution in [1.29, 1.82) is 0 Å². The fourth-order valence-electron chi connectivity index (χ4n) is 3.77. The highest BCUT2D eigenvalue weighted by Gasteiger charge is 2.16. The maximum absolute atomic E-state index is 13.3. The molecule has 1 heterocycles. The van der Waals surface area contributed by atoms with Crippen LogP contribution in [0, 0.1) is 0 Å². The SMILES string of the molecule is COc1ccc(CCNC(=O)c2cc3ccccc3n(Cc3ccc(OC)cc3)c2=O)cc1. The van der Waals surface area contributed by atoms with Crippen molar-refractivity contribution in [3.05, 3.63) is 106 Å². The molecule has 0 aliphatic carbocycles. The van der Waals surface area contributed by atoms with E-state index in [0.29, 0.717) is 19.5 Å². The predicted octanol–water partition coefficient (Wildman–Crippen LogP) is 4.04. The molecule has 4 rings (SSSR count). The van der Waals surface area contributed by atoms with E-state index in [9.17, 15) is 9.59 Å². The van der Waals surface area contributed by atoms with Gasteiger partial charge in [-0.25, -0.2) is 0 Å². The lowest BCUT2D eigenvalue weighted by molar-refractivity contribution is 0.0952. The molecule has 0 bridgehead atoms. The Kier molecular flexibility index (Phi) is 6.74. The lowest BCUT2D eigenvalue weighted by Crippen LogP contribution is -2.34. The number of ether oxygens (including phenoxy) is 2. The fourth-order valence-corrected chi connectivity index (χ4v) is 3.77. The van der Waals surface area contributed by atoms with E-state index in [-0.39, 0.29) is 17.0 Å². The molecule has 1 amide bonds. The molecule has 3 aromatic carbocycles. The molecular formula is C27H26N2O4. The average molecular weight is 443 g/mol. The normalized spacial score (nSPS) is 10.7. The van der Waals surface area contributed by atoms with Crippen LogP contribution >= 0.6 is 0 Å². The highest BCUT2D eigenvalue weighted by Crippen LogP contribution is 2.17. The van der Waals surface area contributed by atoms with Gasteiger partial charge in [-0.05, 0) is 59.3 Å². The van der Waals surface area contributed by atoms with E-state index in [1.165, 1.54) is 0 Å². The van der Waals surface area contributed by atoms with Crippen molar-refractivity contribution in [1.82, 2.24) is 9.88 Å². The van der Waals surface area contributed by atoms with Crippen LogP contribution in [0.25, 0.3) is 10.9 Å². The number of nitrogens with zero attached hydrogens (tertiary/aromatic N) is 1. The first kappa shape index (κ1) is 22.1. The summed E-state index contributed by atoms with van der Waals surface area (Å²) in [6.07, 6.45) is 0.656. The summed E-state index contributed by atoms with van der Waals surface area (Å²) >= 11 is 0. The quantitative estimate of drug-likeness (QED) is 0.447. The molecule has 0 aliphatic rings. The summed E-state index contributed by atoms with van der Waals surface area (Å²) in [6.45, 7) is 0.784. The average Bonchev–Trinajstić information content (AvgIpc) is 2.86. The molecule has 0 atom stereocenters. The number of rotatable bonds is 8. The summed E-state index contributed by atoms with van der Waals surface area (Å²) in [5.41, 5.74) is 2.63. The third-order valence-corrected chi connectivity index (χ3v) is 5.61. The van der Waals surface area contributed by atoms with Gasteiger partial charge in [0.1, 0.15) is 17.1 Å². The van der Waals surface area contributed by atoms with Gasteiger partial charge in [0.2, 0.25) is 0 Å². The number of nitrogens with one attached hydrogen (secondary N) is 1. The molecule has 4 aromatic rings. The van der Waals surface area contributed by atoms with Gasteiger partial charge in [0.05, 0.1) is 26.3 Å². The Morgan fingerprint density at radius 1 is 0.848 bits per heavy atom. The summed E-state index contributed by atoms with van der Waals surface area (Å²) in [5.74, 6) is 1.17. The first-order chi connectivity index (χ1) is 16.1. The largest absolute Gasteiger partial charge is 0.497 e. The molecule has 0 unspecified atom stereocenters. The number of amides is 1. The van der Waals surface area contributed by atoms with Crippen molar-refractivity contribution in [2.45, 2.75) is 13.0 Å². The van der Waals surface area contributed by atoms with Crippen LogP contribution in [0.2, 0.25) is 0 Å². The second-order valence-electron chi connectivity index (χ2n) is 7.71. The molecule has 168 valence electrons. The predicted molar refractivity (Wildman–Crippen MR) is 129 cm³/mol. The standard InChI is InChI=1S/C27H26N2O4/c1-32-22-11-7-19(8-12-22)15-16-28-26(30)24-17-21-5-3-4-6-25(21)29(27(24)31)18-20-9-13-23(33-2)14-10-20/h3-14,17H,15-16,18H2,1-2H3,(H,28,30). The molecule has 0 saturated heterocycles. The number of benzene rings is 3. The van der Waals surface area contributed by atoms with Gasteiger partial charge in [-0.15, -0.1) is 0 Å². The maximum atomic E-state index is 13.3. The van der Waals surface area contributed by atoms with E-state index >= 15 is 0 Å². The van der Waals surface area contributed by atoms with Crippen molar-refractivity contribution < 1.29 is 14.3 Å². The third-order valence-electron chi connectivity index (χ3n) is 5.61. The number of carbonyl (C=O) groups is 1. The Balaban J connectivity index is 1.56. The maximum Gasteiger partial charge on any atom is 0.264 e. The lowest BCUT2D eigenvalue weighted by atomic mass is 10.1. The summed E-state index contributed by atoms with van der Waals surface area (Å²) in [7, 11) is 3.24. The van der Waals surface area contributed by atoms with Crippen LogP contribution in [0.1, 0.15) is 21.5 Å². The van der Waals surface area contributed by atoms with Gasteiger partial charge in [-0.1, -0.05) is 42.5 Å². The highest BCUT2D eigenvalue weighted by atomic mass is 16.5. The first-order valence-electron chi connectivity index (χ1n) is 10.8. The number of pyridine rings is 1. The second-order valence-corrected chi connectivity index (χ2v) is 7.71. The van der Waals surface area contributed by atoms with E-state index < -0.39 is 0 Å². The van der Waals surface area contributed by atoms with E-state index in [0.717, 1.165) is 33.5 Å². The number of para-hydroxylation sites is 1. The summed E-state index contributed by atoms with van der Waals surface area (Å²) in [6, 6.07) is 24.5. The van der Waals surface area contributed by atoms with E-state index in [4.69, 9.17) is 9.47 Å². The van der Waals surface area contributed by atoms with Crippen LogP contribution in [0.4, 0.5) is 0 Å². The summed E-state index contributed by atoms with van der Waals surface area (Å²) in [5, 5.41) is 3.73. The molecule has 0 spiro atoms. The van der Waals surface area contributed by atoms with Crippen molar-refractivity contribution in [3.63, 3.8) is 0 Å². The molecule has 6 heteroatoms. The molecule has 0 aliphatic heterocycles. The molecule has 6 nitrogen and oxygen atoms in total. The summed E-state index contributed by atoms with van der Waals surface area (Å²) < 4.78 is 12.0. The number of fused-ring (bicyclic) bond motifs is 1. The number of hydrogen-bond donors (Lipinski definition) is 1. The zero-order valence-electron chi connectivity index (χ0n) is 18.7. The van der Waals surface area contributed by atoms with E-state index in [1.807, 2.05) is 72.8 Å². The number of hydrogen-bond acceptors (Lipinski definition) is 4. The highest BCUT2D eigenvalue weighted by molar-refractivity contribution is 5.97. The number of carbonyl (C=O) groups excluding carboxylic acids is 1. The van der Waals surface area contributed by atoms with E-state index in [1.54, 1.807) is 24.9 Å². The first-order valence-corrected chi connectivity index (χ1v) is 10.8. The molecule has 0 fully saturated rings. The lowest BCUT2D eigenvalue weighted by Gasteiger charge is -2.14. The van der Waals surface area contributed by atoms with Gasteiger partial charge in [-0.3, -0.25) is 9.59 Å². The molecule has 0 saturated carbocycles. The fraction of sp³-hybridized carbons (Fsp3) is 0.185. The molecular weight excluding hydrogens is 416 g/mol. The van der Waals surface area contributed by atoms with Gasteiger partial charge in [-0.2, -0.15) is 0 Å². The summed E-state index contributed by atoms with van der Waals surface area (Å²) in [4.78, 5) is 26.2. The molecule has 1 aromatic heterocycles. The minimum Gasteiger partial charge on any atom is -0.497 e. The molecule has 33 heavy (non-hydrogen) atoms. The third kappa shape index (κ3) is 5.06. The van der Waals surface area contributed by atoms with Crippen LogP contribution in [-0.2, 0) is 13.0 Å². The Bertz CT molecular complexity index is 1310. The van der Waals surface area contributed by atoms with Crippen molar-refractivity contribution in [2.24, 2.45) is 0 Å². The van der Waals surface area contributed by atoms with Gasteiger partial charge in [0.25, 0.3) is 11.5 Å². The van der Waals surface area contributed by atoms with Crippen molar-refractivity contribution in [2.75, 3.05) is 20.8 Å². The van der Waals surface area contributed by atoms with Crippen molar-refractivity contribution in [3.8, 4) is 11.5 Å². The Labute approximate surface area is 192 Å². The zero-order valence-corrected chi connectivity index (χ0v) is 18.7. The van der Waals surface area contributed by atoms with Crippen LogP contribution in [-0.4, -0.2) is 31.2 Å². The Hall–Kier alpha value is -4.06. The second kappa shape index (κ2) is 10.0. The van der Waals surface area contributed by atoms with E-state index in [2.05, 4.69) is 5.32 Å². The minimum absolute atomic E-state index is 0.136. The van der Waals surface area contributed by atoms with Crippen molar-refractivity contribution >= 4 is 16.8 Å². The Morgan fingerprint density at radius 3 is 2.09 bits per heavy atom. The van der Waals surface area contributed by atoms with Gasteiger partial charge in [0.15, 0.2) is 0 Å².